The first kappa shape index (κ1) is 31.3. The Morgan fingerprint density at radius 1 is 0.970 bits per heavy atom. The summed E-state index contributed by atoms with van der Waals surface area (Å²) in [6.45, 7) is 6.13. The predicted octanol–water partition coefficient (Wildman–Crippen LogP) is 2.66. The molecule has 33 heavy (non-hydrogen) atoms. The Morgan fingerprint density at radius 2 is 1.30 bits per heavy atom. The maximum absolute atomic E-state index is 9.30. The second-order valence-electron chi connectivity index (χ2n) is 7.87. The molecule has 2 aromatic rings. The molecule has 0 amide bonds. The number of phenolic OH excluding ortho intramolecular Hbond substituents is 2. The lowest BCUT2D eigenvalue weighted by atomic mass is 9.78. The quantitative estimate of drug-likeness (QED) is 0.203. The van der Waals surface area contributed by atoms with Crippen molar-refractivity contribution in [3.05, 3.63) is 59.7 Å². The number of aliphatic hydroxyl groups is 1. The van der Waals surface area contributed by atoms with Crippen molar-refractivity contribution in [2.24, 2.45) is 0 Å². The summed E-state index contributed by atoms with van der Waals surface area (Å²) < 4.78 is 13.6. The smallest absolute Gasteiger partial charge is 0.466 e. The van der Waals surface area contributed by atoms with Gasteiger partial charge < -0.3 is 39.6 Å². The molecule has 6 N–H and O–H groups in total. The molecule has 9 nitrogen and oxygen atoms in total. The Labute approximate surface area is 200 Å². The number of rotatable bonds is 5. The van der Waals surface area contributed by atoms with Crippen LogP contribution in [0.15, 0.2) is 48.5 Å². The van der Waals surface area contributed by atoms with Crippen LogP contribution in [0, 0.1) is 0 Å². The SMILES string of the molecule is CC(C)(c1ccc(O)cc1)c1ccc(O)cc1.CN(C)CCO.ClCC1CO1.O=P(O)(O)O. The molecule has 188 valence electrons. The topological polar surface area (TPSA) is 154 Å². The summed E-state index contributed by atoms with van der Waals surface area (Å²) in [5, 5.41) is 26.8. The Bertz CT molecular complexity index is 766. The van der Waals surface area contributed by atoms with Gasteiger partial charge in [0.2, 0.25) is 0 Å². The van der Waals surface area contributed by atoms with E-state index in [0.717, 1.165) is 24.3 Å². The van der Waals surface area contributed by atoms with Crippen LogP contribution >= 0.6 is 19.4 Å². The van der Waals surface area contributed by atoms with Gasteiger partial charge >= 0.3 is 7.82 Å². The van der Waals surface area contributed by atoms with Crippen LogP contribution < -0.4 is 0 Å². The predicted molar refractivity (Wildman–Crippen MR) is 129 cm³/mol. The van der Waals surface area contributed by atoms with E-state index in [2.05, 4.69) is 13.8 Å². The lowest BCUT2D eigenvalue weighted by Gasteiger charge is -2.26. The fourth-order valence-electron chi connectivity index (χ4n) is 2.28. The number of phosphoric acid groups is 1. The van der Waals surface area contributed by atoms with Crippen molar-refractivity contribution in [3.63, 3.8) is 0 Å². The molecule has 0 aromatic heterocycles. The van der Waals surface area contributed by atoms with Gasteiger partial charge in [0, 0.05) is 12.0 Å². The highest BCUT2D eigenvalue weighted by atomic mass is 35.5. The normalized spacial score (nSPS) is 14.7. The standard InChI is InChI=1S/C15H16O2.C4H11NO.C3H5ClO.H3O4P/c1-15(2,11-3-7-13(16)8-4-11)12-5-9-14(17)10-6-12;1-5(2)3-4-6;4-1-3-2-5-3;1-5(2,3)4/h3-10,16-17H,1-2H3;6H,3-4H2,1-2H3;3H,1-2H2;(H3,1,2,3,4). The minimum atomic E-state index is -4.64. The van der Waals surface area contributed by atoms with Gasteiger partial charge in [-0.25, -0.2) is 4.57 Å². The summed E-state index contributed by atoms with van der Waals surface area (Å²) in [5.41, 5.74) is 2.10. The van der Waals surface area contributed by atoms with Gasteiger partial charge in [-0.15, -0.1) is 11.6 Å². The van der Waals surface area contributed by atoms with Crippen molar-refractivity contribution < 1.29 is 39.3 Å². The summed E-state index contributed by atoms with van der Waals surface area (Å²) in [5.74, 6) is 1.21. The van der Waals surface area contributed by atoms with Crippen LogP contribution in [0.1, 0.15) is 25.0 Å². The summed E-state index contributed by atoms with van der Waals surface area (Å²) in [4.78, 5) is 23.5. The molecular weight excluding hydrogens is 473 g/mol. The highest BCUT2D eigenvalue weighted by Crippen LogP contribution is 2.32. The molecule has 1 aliphatic heterocycles. The number of halogens is 1. The number of nitrogens with zero attached hydrogens (tertiary/aromatic N) is 1. The van der Waals surface area contributed by atoms with E-state index in [1.807, 2.05) is 43.3 Å². The second kappa shape index (κ2) is 15.3. The van der Waals surface area contributed by atoms with E-state index < -0.39 is 7.82 Å². The van der Waals surface area contributed by atoms with Gasteiger partial charge in [0.05, 0.1) is 25.2 Å². The number of hydrogen-bond donors (Lipinski definition) is 6. The van der Waals surface area contributed by atoms with E-state index in [-0.39, 0.29) is 23.5 Å². The first-order valence-electron chi connectivity index (χ1n) is 10.0. The van der Waals surface area contributed by atoms with Crippen molar-refractivity contribution in [2.45, 2.75) is 25.4 Å². The average molecular weight is 508 g/mol. The Morgan fingerprint density at radius 3 is 1.45 bits per heavy atom. The molecule has 3 rings (SSSR count). The maximum atomic E-state index is 9.30. The van der Waals surface area contributed by atoms with Crippen molar-refractivity contribution in [1.82, 2.24) is 4.90 Å². The van der Waals surface area contributed by atoms with Crippen LogP contribution in [-0.2, 0) is 14.7 Å². The van der Waals surface area contributed by atoms with E-state index in [4.69, 9.17) is 40.7 Å². The summed E-state index contributed by atoms with van der Waals surface area (Å²) in [7, 11) is -0.785. The third-order valence-electron chi connectivity index (χ3n) is 4.30. The van der Waals surface area contributed by atoms with Crippen LogP contribution in [0.5, 0.6) is 11.5 Å². The first-order valence-corrected chi connectivity index (χ1v) is 12.1. The first-order chi connectivity index (χ1) is 15.2. The highest BCUT2D eigenvalue weighted by Gasteiger charge is 2.22. The lowest BCUT2D eigenvalue weighted by Crippen LogP contribution is -2.18. The Hall–Kier alpha value is -1.68. The van der Waals surface area contributed by atoms with Gasteiger partial charge in [-0.1, -0.05) is 38.1 Å². The molecule has 1 unspecified atom stereocenters. The van der Waals surface area contributed by atoms with Crippen LogP contribution in [-0.4, -0.2) is 80.7 Å². The van der Waals surface area contributed by atoms with E-state index in [9.17, 15) is 10.2 Å². The fourth-order valence-corrected chi connectivity index (χ4v) is 2.46. The number of alkyl halides is 1. The van der Waals surface area contributed by atoms with Gasteiger partial charge in [-0.3, -0.25) is 0 Å². The largest absolute Gasteiger partial charge is 0.508 e. The third kappa shape index (κ3) is 16.6. The number of epoxide rings is 1. The second-order valence-corrected chi connectivity index (χ2v) is 9.20. The zero-order chi connectivity index (χ0) is 25.7. The summed E-state index contributed by atoms with van der Waals surface area (Å²) >= 11 is 5.27. The molecule has 1 fully saturated rings. The van der Waals surface area contributed by atoms with Gasteiger partial charge in [0.1, 0.15) is 11.5 Å². The zero-order valence-corrected chi connectivity index (χ0v) is 20.9. The number of aliphatic hydroxyl groups excluding tert-OH is 1. The number of aromatic hydroxyl groups is 2. The monoisotopic (exact) mass is 507 g/mol. The third-order valence-corrected chi connectivity index (χ3v) is 4.64. The molecule has 1 saturated heterocycles. The molecule has 1 heterocycles. The van der Waals surface area contributed by atoms with Gasteiger partial charge in [-0.05, 0) is 49.5 Å². The molecule has 0 radical (unpaired) electrons. The minimum Gasteiger partial charge on any atom is -0.508 e. The summed E-state index contributed by atoms with van der Waals surface area (Å²) in [6.07, 6.45) is 0.400. The van der Waals surface area contributed by atoms with E-state index in [1.54, 1.807) is 24.3 Å². The molecule has 1 aliphatic rings. The molecular formula is C22H35ClNO8P. The van der Waals surface area contributed by atoms with Gasteiger partial charge in [-0.2, -0.15) is 0 Å². The van der Waals surface area contributed by atoms with E-state index >= 15 is 0 Å². The zero-order valence-electron chi connectivity index (χ0n) is 19.3. The maximum Gasteiger partial charge on any atom is 0.466 e. The highest BCUT2D eigenvalue weighted by molar-refractivity contribution is 7.45. The fraction of sp³-hybridized carbons (Fsp3) is 0.455. The minimum absolute atomic E-state index is 0.151. The van der Waals surface area contributed by atoms with E-state index in [0.29, 0.717) is 12.0 Å². The molecule has 11 heteroatoms. The molecule has 0 spiro atoms. The number of phenols is 2. The molecule has 0 aliphatic carbocycles. The number of benzene rings is 2. The molecule has 2 aromatic carbocycles. The Kier molecular flexibility index (Phi) is 14.5. The van der Waals surface area contributed by atoms with Crippen LogP contribution in [0.4, 0.5) is 0 Å². The summed E-state index contributed by atoms with van der Waals surface area (Å²) in [6, 6.07) is 14.4. The Balaban J connectivity index is 0.000000522. The van der Waals surface area contributed by atoms with Crippen LogP contribution in [0.25, 0.3) is 0 Å². The number of ether oxygens (including phenoxy) is 1. The number of likely N-dealkylation sites (N-methyl/N-ethyl adjacent to an activating group) is 1. The van der Waals surface area contributed by atoms with Crippen LogP contribution in [0.3, 0.4) is 0 Å². The van der Waals surface area contributed by atoms with E-state index in [1.165, 1.54) is 0 Å². The van der Waals surface area contributed by atoms with Crippen molar-refractivity contribution in [1.29, 1.82) is 0 Å². The van der Waals surface area contributed by atoms with Gasteiger partial charge in [0.15, 0.2) is 0 Å². The number of hydrogen-bond acceptors (Lipinski definition) is 6. The van der Waals surface area contributed by atoms with Crippen molar-refractivity contribution >= 4 is 19.4 Å². The molecule has 0 bridgehead atoms. The average Bonchev–Trinajstić information content (AvgIpc) is 3.53. The molecule has 0 saturated carbocycles. The van der Waals surface area contributed by atoms with Crippen LogP contribution in [0.2, 0.25) is 0 Å². The van der Waals surface area contributed by atoms with Crippen molar-refractivity contribution in [2.75, 3.05) is 39.7 Å². The lowest BCUT2D eigenvalue weighted by molar-refractivity contribution is 0.243. The van der Waals surface area contributed by atoms with Crippen molar-refractivity contribution in [3.8, 4) is 11.5 Å². The van der Waals surface area contributed by atoms with Gasteiger partial charge in [0.25, 0.3) is 0 Å². The molecule has 1 atom stereocenters.